The number of benzene rings is 3. The van der Waals surface area contributed by atoms with Crippen molar-refractivity contribution in [3.63, 3.8) is 0 Å². The van der Waals surface area contributed by atoms with Crippen LogP contribution in [0.5, 0.6) is 11.5 Å². The van der Waals surface area contributed by atoms with Crippen LogP contribution in [0.3, 0.4) is 0 Å². The number of para-hydroxylation sites is 1. The number of aliphatic carboxylic acids is 1. The van der Waals surface area contributed by atoms with E-state index in [4.69, 9.17) is 14.6 Å². The molecular weight excluding hydrogens is 392 g/mol. The lowest BCUT2D eigenvalue weighted by Crippen LogP contribution is -2.04. The van der Waals surface area contributed by atoms with Gasteiger partial charge < -0.3 is 14.6 Å². The van der Waals surface area contributed by atoms with E-state index in [-0.39, 0.29) is 12.2 Å². The smallest absolute Gasteiger partial charge is 0.307 e. The number of hydrogen-bond acceptors (Lipinski definition) is 4. The van der Waals surface area contributed by atoms with E-state index in [1.54, 1.807) is 30.3 Å². The number of ether oxygens (including phenoxy) is 2. The van der Waals surface area contributed by atoms with E-state index in [9.17, 15) is 9.59 Å². The number of ketones is 1. The fraction of sp³-hybridized carbons (Fsp3) is 0.154. The summed E-state index contributed by atoms with van der Waals surface area (Å²) in [6.07, 6.45) is 3.87. The first-order valence-corrected chi connectivity index (χ1v) is 10.0. The van der Waals surface area contributed by atoms with E-state index in [1.807, 2.05) is 54.6 Å². The molecule has 3 aromatic carbocycles. The molecule has 0 amide bonds. The molecule has 0 aliphatic carbocycles. The second kappa shape index (κ2) is 11.4. The molecule has 3 aromatic rings. The third kappa shape index (κ3) is 7.48. The molecule has 0 radical (unpaired) electrons. The third-order valence-electron chi connectivity index (χ3n) is 4.44. The number of rotatable bonds is 11. The molecule has 0 aliphatic rings. The Morgan fingerprint density at radius 3 is 2.16 bits per heavy atom. The molecule has 0 saturated carbocycles. The molecule has 0 aliphatic heterocycles. The van der Waals surface area contributed by atoms with Gasteiger partial charge in [-0.05, 0) is 47.5 Å². The molecule has 0 aromatic heterocycles. The highest BCUT2D eigenvalue weighted by atomic mass is 16.5. The van der Waals surface area contributed by atoms with Gasteiger partial charge in [-0.2, -0.15) is 0 Å². The Hall–Kier alpha value is -3.86. The third-order valence-corrected chi connectivity index (χ3v) is 4.44. The van der Waals surface area contributed by atoms with Crippen molar-refractivity contribution in [2.45, 2.75) is 12.8 Å². The second-order valence-electron chi connectivity index (χ2n) is 6.90. The van der Waals surface area contributed by atoms with Crippen LogP contribution in [0.2, 0.25) is 0 Å². The summed E-state index contributed by atoms with van der Waals surface area (Å²) in [5.74, 6) is 0.503. The Morgan fingerprint density at radius 1 is 0.806 bits per heavy atom. The summed E-state index contributed by atoms with van der Waals surface area (Å²) in [5.41, 5.74) is 1.94. The van der Waals surface area contributed by atoms with Gasteiger partial charge in [-0.15, -0.1) is 0 Å². The van der Waals surface area contributed by atoms with Crippen LogP contribution in [0.4, 0.5) is 0 Å². The maximum absolute atomic E-state index is 12.4. The molecule has 3 rings (SSSR count). The topological polar surface area (TPSA) is 72.8 Å². The van der Waals surface area contributed by atoms with Crippen molar-refractivity contribution in [1.29, 1.82) is 0 Å². The fourth-order valence-electron chi connectivity index (χ4n) is 2.91. The van der Waals surface area contributed by atoms with E-state index in [2.05, 4.69) is 0 Å². The summed E-state index contributed by atoms with van der Waals surface area (Å²) in [5, 5.41) is 8.88. The summed E-state index contributed by atoms with van der Waals surface area (Å²) in [6.45, 7) is 1.13. The Balaban J connectivity index is 1.44. The quantitative estimate of drug-likeness (QED) is 0.269. The Morgan fingerprint density at radius 2 is 1.48 bits per heavy atom. The summed E-state index contributed by atoms with van der Waals surface area (Å²) in [7, 11) is 0. The first-order valence-electron chi connectivity index (χ1n) is 10.0. The van der Waals surface area contributed by atoms with Gasteiger partial charge in [-0.1, -0.05) is 54.6 Å². The molecule has 31 heavy (non-hydrogen) atoms. The van der Waals surface area contributed by atoms with Crippen molar-refractivity contribution in [3.8, 4) is 11.5 Å². The van der Waals surface area contributed by atoms with Gasteiger partial charge in [-0.25, -0.2) is 0 Å². The number of carboxylic acid groups (broad SMARTS) is 1. The van der Waals surface area contributed by atoms with Gasteiger partial charge in [0.25, 0.3) is 0 Å². The lowest BCUT2D eigenvalue weighted by atomic mass is 10.0. The van der Waals surface area contributed by atoms with Gasteiger partial charge in [0.05, 0.1) is 19.6 Å². The predicted molar refractivity (Wildman–Crippen MR) is 120 cm³/mol. The van der Waals surface area contributed by atoms with Crippen molar-refractivity contribution in [2.75, 3.05) is 13.2 Å². The minimum Gasteiger partial charge on any atom is -0.493 e. The summed E-state index contributed by atoms with van der Waals surface area (Å²) in [6, 6.07) is 23.8. The van der Waals surface area contributed by atoms with Crippen molar-refractivity contribution >= 4 is 17.8 Å². The maximum Gasteiger partial charge on any atom is 0.307 e. The fourth-order valence-corrected chi connectivity index (χ4v) is 2.91. The lowest BCUT2D eigenvalue weighted by Gasteiger charge is -2.08. The highest BCUT2D eigenvalue weighted by Gasteiger charge is 2.05. The Labute approximate surface area is 181 Å². The zero-order chi connectivity index (χ0) is 21.9. The zero-order valence-corrected chi connectivity index (χ0v) is 17.1. The van der Waals surface area contributed by atoms with Crippen LogP contribution in [0.25, 0.3) is 6.08 Å². The first-order chi connectivity index (χ1) is 15.1. The number of carbonyl (C=O) groups is 2. The van der Waals surface area contributed by atoms with Gasteiger partial charge in [0.15, 0.2) is 5.78 Å². The average Bonchev–Trinajstić information content (AvgIpc) is 2.78. The molecule has 0 saturated heterocycles. The highest BCUT2D eigenvalue weighted by molar-refractivity contribution is 6.07. The average molecular weight is 416 g/mol. The molecule has 0 atom stereocenters. The van der Waals surface area contributed by atoms with Gasteiger partial charge >= 0.3 is 5.97 Å². The molecule has 1 N–H and O–H groups in total. The molecule has 5 heteroatoms. The van der Waals surface area contributed by atoms with Crippen LogP contribution >= 0.6 is 0 Å². The zero-order valence-electron chi connectivity index (χ0n) is 17.1. The molecule has 5 nitrogen and oxygen atoms in total. The van der Waals surface area contributed by atoms with Crippen molar-refractivity contribution in [1.82, 2.24) is 0 Å². The van der Waals surface area contributed by atoms with Gasteiger partial charge in [0, 0.05) is 12.0 Å². The van der Waals surface area contributed by atoms with Crippen LogP contribution in [-0.2, 0) is 11.2 Å². The normalized spacial score (nSPS) is 10.7. The number of carboxylic acids is 1. The maximum atomic E-state index is 12.4. The monoisotopic (exact) mass is 416 g/mol. The molecule has 0 spiro atoms. The Kier molecular flexibility index (Phi) is 8.00. The minimum absolute atomic E-state index is 0.106. The Bertz CT molecular complexity index is 1020. The molecule has 0 unspecified atom stereocenters. The van der Waals surface area contributed by atoms with Gasteiger partial charge in [-0.3, -0.25) is 9.59 Å². The van der Waals surface area contributed by atoms with Crippen molar-refractivity contribution < 1.29 is 24.2 Å². The van der Waals surface area contributed by atoms with E-state index in [0.717, 1.165) is 23.5 Å². The van der Waals surface area contributed by atoms with E-state index in [1.165, 1.54) is 6.08 Å². The summed E-state index contributed by atoms with van der Waals surface area (Å²) < 4.78 is 11.3. The van der Waals surface area contributed by atoms with Crippen LogP contribution in [0.15, 0.2) is 84.9 Å². The van der Waals surface area contributed by atoms with Crippen LogP contribution < -0.4 is 9.47 Å². The van der Waals surface area contributed by atoms with Crippen LogP contribution in [0.1, 0.15) is 27.9 Å². The SMILES string of the molecule is O=C(O)Cc1cccc(C(=O)C=Cc2ccc(OCCCOc3ccccc3)cc2)c1. The standard InChI is InChI=1S/C26H24O5/c27-25(22-7-4-6-21(18-22)19-26(28)29)15-12-20-10-13-24(14-11-20)31-17-5-16-30-23-8-2-1-3-9-23/h1-4,6-15,18H,5,16-17,19H2,(H,28,29). The lowest BCUT2D eigenvalue weighted by molar-refractivity contribution is -0.136. The molecule has 0 heterocycles. The predicted octanol–water partition coefficient (Wildman–Crippen LogP) is 5.06. The summed E-state index contributed by atoms with van der Waals surface area (Å²) in [4.78, 5) is 23.2. The van der Waals surface area contributed by atoms with Crippen LogP contribution in [-0.4, -0.2) is 30.1 Å². The van der Waals surface area contributed by atoms with Crippen molar-refractivity contribution in [3.05, 3.63) is 102 Å². The first kappa shape index (κ1) is 21.8. The van der Waals surface area contributed by atoms with E-state index >= 15 is 0 Å². The van der Waals surface area contributed by atoms with Gasteiger partial charge in [0.1, 0.15) is 11.5 Å². The summed E-state index contributed by atoms with van der Waals surface area (Å²) >= 11 is 0. The van der Waals surface area contributed by atoms with E-state index < -0.39 is 5.97 Å². The van der Waals surface area contributed by atoms with Crippen molar-refractivity contribution in [2.24, 2.45) is 0 Å². The van der Waals surface area contributed by atoms with E-state index in [0.29, 0.717) is 24.3 Å². The van der Waals surface area contributed by atoms with Gasteiger partial charge in [0.2, 0.25) is 0 Å². The number of hydrogen-bond donors (Lipinski definition) is 1. The molecule has 0 bridgehead atoms. The second-order valence-corrected chi connectivity index (χ2v) is 6.90. The molecule has 158 valence electrons. The minimum atomic E-state index is -0.925. The largest absolute Gasteiger partial charge is 0.493 e. The number of allylic oxidation sites excluding steroid dienone is 1. The molecule has 0 fully saturated rings. The molecular formula is C26H24O5. The van der Waals surface area contributed by atoms with Crippen LogP contribution in [0, 0.1) is 0 Å². The highest BCUT2D eigenvalue weighted by Crippen LogP contribution is 2.15. The number of carbonyl (C=O) groups excluding carboxylic acids is 1.